The quantitative estimate of drug-likeness (QED) is 0.904. The standard InChI is InChI=1S/C16H22N2O3/c17-11-14-4-2-13(3-5-14)10-15(19)18-7-1-6-16(12-18)20-8-9-21-16/h2-5H,1,6-12,17H2. The van der Waals surface area contributed by atoms with Crippen LogP contribution in [0.3, 0.4) is 0 Å². The van der Waals surface area contributed by atoms with Gasteiger partial charge in [-0.15, -0.1) is 0 Å². The predicted molar refractivity (Wildman–Crippen MR) is 78.5 cm³/mol. The lowest BCUT2D eigenvalue weighted by atomic mass is 10.0. The highest BCUT2D eigenvalue weighted by molar-refractivity contribution is 5.79. The van der Waals surface area contributed by atoms with E-state index >= 15 is 0 Å². The maximum atomic E-state index is 12.5. The molecule has 0 aliphatic carbocycles. The smallest absolute Gasteiger partial charge is 0.227 e. The van der Waals surface area contributed by atoms with E-state index in [2.05, 4.69) is 0 Å². The first-order chi connectivity index (χ1) is 10.2. The van der Waals surface area contributed by atoms with Crippen molar-refractivity contribution in [3.05, 3.63) is 35.4 Å². The molecule has 0 bridgehead atoms. The van der Waals surface area contributed by atoms with Crippen LogP contribution < -0.4 is 5.73 Å². The van der Waals surface area contributed by atoms with E-state index in [0.717, 1.165) is 30.5 Å². The van der Waals surface area contributed by atoms with Crippen molar-refractivity contribution in [2.45, 2.75) is 31.6 Å². The zero-order valence-corrected chi connectivity index (χ0v) is 12.2. The van der Waals surface area contributed by atoms with Gasteiger partial charge in [-0.25, -0.2) is 0 Å². The van der Waals surface area contributed by atoms with Crippen LogP contribution in [-0.4, -0.2) is 42.9 Å². The van der Waals surface area contributed by atoms with Gasteiger partial charge in [0, 0.05) is 19.5 Å². The van der Waals surface area contributed by atoms with E-state index in [0.29, 0.717) is 32.7 Å². The first-order valence-electron chi connectivity index (χ1n) is 7.54. The largest absolute Gasteiger partial charge is 0.346 e. The number of piperidine rings is 1. The Balaban J connectivity index is 1.61. The van der Waals surface area contributed by atoms with Crippen LogP contribution >= 0.6 is 0 Å². The fourth-order valence-electron chi connectivity index (χ4n) is 3.01. The lowest BCUT2D eigenvalue weighted by molar-refractivity contribution is -0.192. The highest BCUT2D eigenvalue weighted by Gasteiger charge is 2.41. The van der Waals surface area contributed by atoms with Gasteiger partial charge in [0.25, 0.3) is 0 Å². The molecule has 3 rings (SSSR count). The molecule has 114 valence electrons. The number of carbonyl (C=O) groups excluding carboxylic acids is 1. The van der Waals surface area contributed by atoms with Crippen LogP contribution in [0, 0.1) is 0 Å². The van der Waals surface area contributed by atoms with E-state index in [1.165, 1.54) is 0 Å². The molecule has 2 saturated heterocycles. The lowest BCUT2D eigenvalue weighted by Crippen LogP contribution is -2.51. The van der Waals surface area contributed by atoms with Gasteiger partial charge in [-0.1, -0.05) is 24.3 Å². The van der Waals surface area contributed by atoms with Crippen LogP contribution in [0.25, 0.3) is 0 Å². The molecule has 1 aromatic rings. The SMILES string of the molecule is NCc1ccc(CC(=O)N2CCCC3(C2)OCCO3)cc1. The molecule has 5 heteroatoms. The van der Waals surface area contributed by atoms with E-state index in [1.807, 2.05) is 29.2 Å². The number of rotatable bonds is 3. The molecule has 2 N–H and O–H groups in total. The monoisotopic (exact) mass is 290 g/mol. The Kier molecular flexibility index (Phi) is 4.24. The first kappa shape index (κ1) is 14.5. The molecule has 0 saturated carbocycles. The summed E-state index contributed by atoms with van der Waals surface area (Å²) in [5, 5.41) is 0. The summed E-state index contributed by atoms with van der Waals surface area (Å²) in [6.07, 6.45) is 2.22. The van der Waals surface area contributed by atoms with Crippen molar-refractivity contribution in [2.24, 2.45) is 5.73 Å². The molecule has 5 nitrogen and oxygen atoms in total. The third kappa shape index (κ3) is 3.26. The molecule has 1 spiro atoms. The molecule has 0 radical (unpaired) electrons. The molecule has 0 aromatic heterocycles. The van der Waals surface area contributed by atoms with Gasteiger partial charge >= 0.3 is 0 Å². The number of nitrogens with two attached hydrogens (primary N) is 1. The molecular formula is C16H22N2O3. The van der Waals surface area contributed by atoms with Crippen LogP contribution in [0.4, 0.5) is 0 Å². The zero-order chi connectivity index (χ0) is 14.7. The number of amides is 1. The molecule has 0 unspecified atom stereocenters. The van der Waals surface area contributed by atoms with E-state index in [-0.39, 0.29) is 5.91 Å². The van der Waals surface area contributed by atoms with Gasteiger partial charge in [-0.3, -0.25) is 4.79 Å². The number of likely N-dealkylation sites (tertiary alicyclic amines) is 1. The normalized spacial score (nSPS) is 20.9. The molecule has 21 heavy (non-hydrogen) atoms. The fourth-order valence-corrected chi connectivity index (χ4v) is 3.01. The van der Waals surface area contributed by atoms with Gasteiger partial charge in [-0.05, 0) is 17.5 Å². The molecule has 1 amide bonds. The molecule has 2 fully saturated rings. The summed E-state index contributed by atoms with van der Waals surface area (Å²) in [5.41, 5.74) is 7.68. The minimum atomic E-state index is -0.544. The van der Waals surface area contributed by atoms with Gasteiger partial charge in [0.05, 0.1) is 26.2 Å². The van der Waals surface area contributed by atoms with Crippen molar-refractivity contribution in [3.63, 3.8) is 0 Å². The molecular weight excluding hydrogens is 268 g/mol. The van der Waals surface area contributed by atoms with Crippen LogP contribution in [0.2, 0.25) is 0 Å². The number of hydrogen-bond donors (Lipinski definition) is 1. The number of benzene rings is 1. The summed E-state index contributed by atoms with van der Waals surface area (Å²) in [4.78, 5) is 14.3. The van der Waals surface area contributed by atoms with Crippen molar-refractivity contribution >= 4 is 5.91 Å². The van der Waals surface area contributed by atoms with Crippen LogP contribution in [-0.2, 0) is 27.2 Å². The summed E-state index contributed by atoms with van der Waals surface area (Å²) in [6.45, 7) is 3.11. The second-order valence-electron chi connectivity index (χ2n) is 5.72. The summed E-state index contributed by atoms with van der Waals surface area (Å²) in [6, 6.07) is 7.90. The highest BCUT2D eigenvalue weighted by Crippen LogP contribution is 2.30. The number of nitrogens with zero attached hydrogens (tertiary/aromatic N) is 1. The second kappa shape index (κ2) is 6.13. The first-order valence-corrected chi connectivity index (χ1v) is 7.54. The lowest BCUT2D eigenvalue weighted by Gasteiger charge is -2.38. The topological polar surface area (TPSA) is 64.8 Å². The maximum Gasteiger partial charge on any atom is 0.227 e. The molecule has 2 aliphatic heterocycles. The van der Waals surface area contributed by atoms with Crippen LogP contribution in [0.15, 0.2) is 24.3 Å². The fraction of sp³-hybridized carbons (Fsp3) is 0.562. The Morgan fingerprint density at radius 2 is 1.86 bits per heavy atom. The molecule has 0 atom stereocenters. The predicted octanol–water partition coefficient (Wildman–Crippen LogP) is 1.05. The average molecular weight is 290 g/mol. The second-order valence-corrected chi connectivity index (χ2v) is 5.72. The molecule has 2 heterocycles. The summed E-state index contributed by atoms with van der Waals surface area (Å²) in [7, 11) is 0. The van der Waals surface area contributed by atoms with Gasteiger partial charge in [0.2, 0.25) is 5.91 Å². The van der Waals surface area contributed by atoms with Crippen molar-refractivity contribution in [1.82, 2.24) is 4.90 Å². The number of ether oxygens (including phenoxy) is 2. The Labute approximate surface area is 125 Å². The van der Waals surface area contributed by atoms with E-state index in [1.54, 1.807) is 0 Å². The van der Waals surface area contributed by atoms with Crippen molar-refractivity contribution < 1.29 is 14.3 Å². The summed E-state index contributed by atoms with van der Waals surface area (Å²) in [5.74, 6) is -0.411. The Morgan fingerprint density at radius 1 is 1.19 bits per heavy atom. The third-order valence-corrected chi connectivity index (χ3v) is 4.20. The third-order valence-electron chi connectivity index (χ3n) is 4.20. The van der Waals surface area contributed by atoms with E-state index < -0.39 is 5.79 Å². The van der Waals surface area contributed by atoms with Crippen LogP contribution in [0.1, 0.15) is 24.0 Å². The van der Waals surface area contributed by atoms with Crippen LogP contribution in [0.5, 0.6) is 0 Å². The van der Waals surface area contributed by atoms with Gasteiger partial charge in [0.1, 0.15) is 0 Å². The van der Waals surface area contributed by atoms with Crippen molar-refractivity contribution in [3.8, 4) is 0 Å². The minimum absolute atomic E-state index is 0.133. The summed E-state index contributed by atoms with van der Waals surface area (Å²) < 4.78 is 11.4. The Bertz CT molecular complexity index is 495. The summed E-state index contributed by atoms with van der Waals surface area (Å²) >= 11 is 0. The minimum Gasteiger partial charge on any atom is -0.346 e. The van der Waals surface area contributed by atoms with Gasteiger partial charge in [0.15, 0.2) is 5.79 Å². The van der Waals surface area contributed by atoms with E-state index in [9.17, 15) is 4.79 Å². The average Bonchev–Trinajstić information content (AvgIpc) is 2.96. The Hall–Kier alpha value is -1.43. The highest BCUT2D eigenvalue weighted by atomic mass is 16.7. The Morgan fingerprint density at radius 3 is 2.52 bits per heavy atom. The van der Waals surface area contributed by atoms with E-state index in [4.69, 9.17) is 15.2 Å². The molecule has 1 aromatic carbocycles. The maximum absolute atomic E-state index is 12.5. The van der Waals surface area contributed by atoms with Crippen molar-refractivity contribution in [2.75, 3.05) is 26.3 Å². The number of hydrogen-bond acceptors (Lipinski definition) is 4. The van der Waals surface area contributed by atoms with Crippen molar-refractivity contribution in [1.29, 1.82) is 0 Å². The zero-order valence-electron chi connectivity index (χ0n) is 12.2. The number of carbonyl (C=O) groups is 1. The van der Waals surface area contributed by atoms with Gasteiger partial charge in [-0.2, -0.15) is 0 Å². The molecule has 2 aliphatic rings. The van der Waals surface area contributed by atoms with Gasteiger partial charge < -0.3 is 20.1 Å².